The van der Waals surface area contributed by atoms with Crippen molar-refractivity contribution in [2.24, 2.45) is 0 Å². The minimum Gasteiger partial charge on any atom is -0.193 e. The van der Waals surface area contributed by atoms with E-state index in [1.165, 1.54) is 12.2 Å². The first-order valence-electron chi connectivity index (χ1n) is 1.50. The molecule has 0 saturated heterocycles. The highest BCUT2D eigenvalue weighted by Gasteiger charge is 1.52. The summed E-state index contributed by atoms with van der Waals surface area (Å²) < 4.78 is 0. The Kier molecular flexibility index (Phi) is 3.29. The van der Waals surface area contributed by atoms with Gasteiger partial charge in [0.2, 0.25) is 0 Å². The maximum Gasteiger partial charge on any atom is 0.0918 e. The molecule has 0 rings (SSSR count). The number of allylic oxidation sites excluding steroid dienone is 3. The van der Waals surface area contributed by atoms with Gasteiger partial charge in [0.1, 0.15) is 0 Å². The first-order valence-corrected chi connectivity index (χ1v) is 1.50. The fraction of sp³-hybridized carbons (Fsp3) is 0. The van der Waals surface area contributed by atoms with Gasteiger partial charge in [-0.3, -0.25) is 0 Å². The molecule has 1 heteroatoms. The highest BCUT2D eigenvalue weighted by Crippen LogP contribution is 1.63. The Bertz CT molecular complexity index is 95.0. The molecular formula is C5H4N. The third-order valence-corrected chi connectivity index (χ3v) is 0.266. The summed E-state index contributed by atoms with van der Waals surface area (Å²) in [6.45, 7) is 3.30. The van der Waals surface area contributed by atoms with E-state index < -0.39 is 0 Å². The lowest BCUT2D eigenvalue weighted by Crippen LogP contribution is -1.41. The van der Waals surface area contributed by atoms with Crippen LogP contribution in [-0.4, -0.2) is 0 Å². The molecule has 0 N–H and O–H groups in total. The van der Waals surface area contributed by atoms with Crippen LogP contribution in [0.5, 0.6) is 0 Å². The van der Waals surface area contributed by atoms with Crippen molar-refractivity contribution in [3.63, 3.8) is 0 Å². The number of hydrogen-bond acceptors (Lipinski definition) is 1. The molecule has 0 aliphatic heterocycles. The Morgan fingerprint density at radius 2 is 2.33 bits per heavy atom. The highest BCUT2D eigenvalue weighted by atomic mass is 14.2. The third kappa shape index (κ3) is 2.97. The second kappa shape index (κ2) is 3.97. The van der Waals surface area contributed by atoms with Crippen molar-refractivity contribution in [3.05, 3.63) is 24.8 Å². The number of hydrogen-bond donors (Lipinski definition) is 0. The quantitative estimate of drug-likeness (QED) is 0.340. The highest BCUT2D eigenvalue weighted by molar-refractivity contribution is 5.02. The predicted octanol–water partition coefficient (Wildman–Crippen LogP) is 1.06. The standard InChI is InChI=1S/C5H4N/c1-2-3-4-5-6/h2,4H,1H2. The van der Waals surface area contributed by atoms with Crippen LogP contribution in [0, 0.1) is 17.4 Å². The van der Waals surface area contributed by atoms with Gasteiger partial charge in [-0.15, -0.1) is 0 Å². The summed E-state index contributed by atoms with van der Waals surface area (Å²) >= 11 is 0. The number of nitrogens with zero attached hydrogens (tertiary/aromatic N) is 1. The van der Waals surface area contributed by atoms with E-state index in [4.69, 9.17) is 5.26 Å². The molecule has 0 aliphatic rings. The fourth-order valence-electron chi connectivity index (χ4n) is 0.0962. The van der Waals surface area contributed by atoms with Crippen molar-refractivity contribution in [2.45, 2.75) is 0 Å². The van der Waals surface area contributed by atoms with Gasteiger partial charge in [0, 0.05) is 6.08 Å². The van der Waals surface area contributed by atoms with E-state index in [1.807, 2.05) is 0 Å². The van der Waals surface area contributed by atoms with Crippen LogP contribution in [0.2, 0.25) is 0 Å². The molecule has 0 aliphatic carbocycles. The van der Waals surface area contributed by atoms with Crippen LogP contribution in [-0.2, 0) is 0 Å². The maximum absolute atomic E-state index is 7.78. The van der Waals surface area contributed by atoms with Gasteiger partial charge in [-0.25, -0.2) is 0 Å². The Morgan fingerprint density at radius 1 is 1.67 bits per heavy atom. The van der Waals surface area contributed by atoms with E-state index in [2.05, 4.69) is 12.7 Å². The lowest BCUT2D eigenvalue weighted by atomic mass is 10.5. The summed E-state index contributed by atoms with van der Waals surface area (Å²) in [5, 5.41) is 7.78. The molecule has 0 aromatic rings. The van der Waals surface area contributed by atoms with E-state index in [0.29, 0.717) is 0 Å². The molecule has 0 bridgehead atoms. The average molecular weight is 78.1 g/mol. The third-order valence-electron chi connectivity index (χ3n) is 0.266. The fourth-order valence-corrected chi connectivity index (χ4v) is 0.0962. The van der Waals surface area contributed by atoms with E-state index in [-0.39, 0.29) is 0 Å². The van der Waals surface area contributed by atoms with Gasteiger partial charge in [0.25, 0.3) is 0 Å². The number of nitriles is 1. The second-order valence-corrected chi connectivity index (χ2v) is 0.644. The first-order chi connectivity index (χ1) is 2.91. The molecule has 29 valence electrons. The van der Waals surface area contributed by atoms with Crippen molar-refractivity contribution in [1.29, 1.82) is 5.26 Å². The van der Waals surface area contributed by atoms with Crippen LogP contribution in [0.3, 0.4) is 0 Å². The summed E-state index contributed by atoms with van der Waals surface area (Å²) in [4.78, 5) is 0. The lowest BCUT2D eigenvalue weighted by molar-refractivity contribution is 1.53. The van der Waals surface area contributed by atoms with Gasteiger partial charge >= 0.3 is 0 Å². The first kappa shape index (κ1) is 4.97. The monoisotopic (exact) mass is 78.0 g/mol. The molecule has 0 heterocycles. The molecule has 1 nitrogen and oxygen atoms in total. The van der Waals surface area contributed by atoms with Crippen LogP contribution in [0.4, 0.5) is 0 Å². The van der Waals surface area contributed by atoms with Gasteiger partial charge < -0.3 is 0 Å². The van der Waals surface area contributed by atoms with Gasteiger partial charge in [0.15, 0.2) is 0 Å². The average Bonchev–Trinajstić information content (AvgIpc) is 1.61. The van der Waals surface area contributed by atoms with Gasteiger partial charge in [-0.05, 0) is 6.08 Å². The van der Waals surface area contributed by atoms with Gasteiger partial charge in [-0.2, -0.15) is 5.26 Å². The summed E-state index contributed by atoms with van der Waals surface area (Å²) in [5.74, 6) is 0. The van der Waals surface area contributed by atoms with E-state index in [0.717, 1.165) is 0 Å². The zero-order valence-electron chi connectivity index (χ0n) is 3.31. The summed E-state index contributed by atoms with van der Waals surface area (Å²) in [7, 11) is 0. The molecule has 0 fully saturated rings. The molecule has 1 radical (unpaired) electrons. The zero-order chi connectivity index (χ0) is 4.83. The van der Waals surface area contributed by atoms with Gasteiger partial charge in [-0.1, -0.05) is 12.7 Å². The Morgan fingerprint density at radius 3 is 2.50 bits per heavy atom. The van der Waals surface area contributed by atoms with E-state index in [1.54, 1.807) is 6.07 Å². The summed E-state index contributed by atoms with van der Waals surface area (Å²) in [5.41, 5.74) is 0. The van der Waals surface area contributed by atoms with Crippen molar-refractivity contribution < 1.29 is 0 Å². The molecule has 0 amide bonds. The van der Waals surface area contributed by atoms with Gasteiger partial charge in [0.05, 0.1) is 6.07 Å². The molecule has 0 spiro atoms. The second-order valence-electron chi connectivity index (χ2n) is 0.644. The van der Waals surface area contributed by atoms with Crippen LogP contribution in [0.1, 0.15) is 0 Å². The predicted molar refractivity (Wildman–Crippen MR) is 23.6 cm³/mol. The molecule has 0 aromatic carbocycles. The molecule has 6 heavy (non-hydrogen) atoms. The molecule has 0 unspecified atom stereocenters. The Labute approximate surface area is 37.2 Å². The Balaban J connectivity index is 3.26. The summed E-state index contributed by atoms with van der Waals surface area (Å²) in [6.07, 6.45) is 5.15. The minimum atomic E-state index is 1.24. The molecule has 0 aromatic heterocycles. The van der Waals surface area contributed by atoms with Crippen LogP contribution in [0.15, 0.2) is 18.7 Å². The van der Waals surface area contributed by atoms with E-state index >= 15 is 0 Å². The Hall–Kier alpha value is -1.03. The van der Waals surface area contributed by atoms with Crippen molar-refractivity contribution in [3.8, 4) is 6.07 Å². The number of rotatable bonds is 1. The molecule has 0 atom stereocenters. The normalized spacial score (nSPS) is 7.83. The lowest BCUT2D eigenvalue weighted by Gasteiger charge is -1.52. The van der Waals surface area contributed by atoms with Crippen molar-refractivity contribution >= 4 is 0 Å². The topological polar surface area (TPSA) is 23.8 Å². The smallest absolute Gasteiger partial charge is 0.0918 e. The van der Waals surface area contributed by atoms with Crippen molar-refractivity contribution in [1.82, 2.24) is 0 Å². The largest absolute Gasteiger partial charge is 0.193 e. The maximum atomic E-state index is 7.78. The SMILES string of the molecule is C=C/[C]=C\C#N. The molecular weight excluding hydrogens is 74.1 g/mol. The summed E-state index contributed by atoms with van der Waals surface area (Å²) in [6, 6.07) is 1.76. The van der Waals surface area contributed by atoms with Crippen molar-refractivity contribution in [2.75, 3.05) is 0 Å². The van der Waals surface area contributed by atoms with Crippen LogP contribution < -0.4 is 0 Å². The van der Waals surface area contributed by atoms with Crippen LogP contribution in [0.25, 0.3) is 0 Å². The minimum absolute atomic E-state index is 1.24. The molecule has 0 saturated carbocycles. The van der Waals surface area contributed by atoms with E-state index in [9.17, 15) is 0 Å². The zero-order valence-corrected chi connectivity index (χ0v) is 3.31. The van der Waals surface area contributed by atoms with Crippen LogP contribution >= 0.6 is 0 Å².